The summed E-state index contributed by atoms with van der Waals surface area (Å²) < 4.78 is 0. The molecule has 1 heterocycles. The lowest BCUT2D eigenvalue weighted by atomic mass is 10.0. The molecule has 1 aromatic heterocycles. The Morgan fingerprint density at radius 3 is 2.76 bits per heavy atom. The van der Waals surface area contributed by atoms with Crippen molar-refractivity contribution in [1.82, 2.24) is 9.97 Å². The Kier molecular flexibility index (Phi) is 3.42. The maximum atomic E-state index is 9.82. The molecule has 90 valence electrons. The first-order valence-electron chi connectivity index (χ1n) is 5.05. The summed E-state index contributed by atoms with van der Waals surface area (Å²) in [7, 11) is 0. The molecule has 0 saturated carbocycles. The zero-order valence-corrected chi connectivity index (χ0v) is 9.67. The van der Waals surface area contributed by atoms with Gasteiger partial charge < -0.3 is 15.9 Å². The molecule has 2 rings (SSSR count). The normalized spacial score (nSPS) is 14.8. The number of nitrogen functional groups attached to an aromatic ring is 1. The van der Waals surface area contributed by atoms with E-state index in [4.69, 9.17) is 17.3 Å². The lowest BCUT2D eigenvalue weighted by molar-refractivity contribution is 0.0328. The van der Waals surface area contributed by atoms with Crippen molar-refractivity contribution in [1.29, 1.82) is 0 Å². The van der Waals surface area contributed by atoms with Crippen LogP contribution in [0.15, 0.2) is 24.5 Å². The highest BCUT2D eigenvalue weighted by molar-refractivity contribution is 6.18. The Bertz CT molecular complexity index is 535. The molecule has 0 aliphatic rings. The van der Waals surface area contributed by atoms with Crippen LogP contribution in [0.4, 0.5) is 5.82 Å². The molecule has 0 radical (unpaired) electrons. The largest absolute Gasteiger partial charge is 0.389 e. The second kappa shape index (κ2) is 4.83. The van der Waals surface area contributed by atoms with Gasteiger partial charge in [0.15, 0.2) is 0 Å². The second-order valence-corrected chi connectivity index (χ2v) is 4.01. The quantitative estimate of drug-likeness (QED) is 0.705. The van der Waals surface area contributed by atoms with E-state index in [1.165, 1.54) is 6.33 Å². The SMILES string of the molecule is Nc1ncnc2ccc(C(O)C(O)CCl)cc12. The molecule has 2 unspecified atom stereocenters. The summed E-state index contributed by atoms with van der Waals surface area (Å²) >= 11 is 5.49. The van der Waals surface area contributed by atoms with E-state index in [2.05, 4.69) is 9.97 Å². The third-order valence-electron chi connectivity index (χ3n) is 2.55. The topological polar surface area (TPSA) is 92.3 Å². The van der Waals surface area contributed by atoms with Crippen molar-refractivity contribution in [3.05, 3.63) is 30.1 Å². The van der Waals surface area contributed by atoms with Gasteiger partial charge in [0, 0.05) is 5.39 Å². The number of nitrogens with two attached hydrogens (primary N) is 1. The molecule has 0 saturated heterocycles. The van der Waals surface area contributed by atoms with E-state index in [0.717, 1.165) is 0 Å². The minimum Gasteiger partial charge on any atom is -0.389 e. The van der Waals surface area contributed by atoms with Crippen LogP contribution in [-0.4, -0.2) is 32.2 Å². The Hall–Kier alpha value is -1.43. The first-order chi connectivity index (χ1) is 8.13. The number of fused-ring (bicyclic) bond motifs is 1. The number of benzene rings is 1. The average Bonchev–Trinajstić information content (AvgIpc) is 2.37. The van der Waals surface area contributed by atoms with Crippen molar-refractivity contribution in [3.63, 3.8) is 0 Å². The van der Waals surface area contributed by atoms with Crippen LogP contribution in [0.25, 0.3) is 10.9 Å². The van der Waals surface area contributed by atoms with Crippen LogP contribution < -0.4 is 5.73 Å². The van der Waals surface area contributed by atoms with Gasteiger partial charge in [0.2, 0.25) is 0 Å². The molecule has 0 amide bonds. The first-order valence-corrected chi connectivity index (χ1v) is 5.59. The van der Waals surface area contributed by atoms with E-state index >= 15 is 0 Å². The Balaban J connectivity index is 2.47. The van der Waals surface area contributed by atoms with Gasteiger partial charge in [0.1, 0.15) is 18.2 Å². The molecule has 0 spiro atoms. The molecule has 2 atom stereocenters. The van der Waals surface area contributed by atoms with Gasteiger partial charge in [-0.3, -0.25) is 0 Å². The van der Waals surface area contributed by atoms with Crippen LogP contribution >= 0.6 is 11.6 Å². The van der Waals surface area contributed by atoms with Gasteiger partial charge in [-0.1, -0.05) is 6.07 Å². The highest BCUT2D eigenvalue weighted by Crippen LogP contribution is 2.24. The Morgan fingerprint density at radius 2 is 2.06 bits per heavy atom. The van der Waals surface area contributed by atoms with E-state index in [1.807, 2.05) is 0 Å². The molecule has 0 bridgehead atoms. The number of nitrogens with zero attached hydrogens (tertiary/aromatic N) is 2. The summed E-state index contributed by atoms with van der Waals surface area (Å²) in [5.41, 5.74) is 6.94. The van der Waals surface area contributed by atoms with Crippen molar-refractivity contribution < 1.29 is 10.2 Å². The molecule has 0 aliphatic heterocycles. The van der Waals surface area contributed by atoms with Gasteiger partial charge in [-0.05, 0) is 17.7 Å². The van der Waals surface area contributed by atoms with Crippen molar-refractivity contribution >= 4 is 28.3 Å². The lowest BCUT2D eigenvalue weighted by Crippen LogP contribution is -2.19. The van der Waals surface area contributed by atoms with Crippen LogP contribution in [0.1, 0.15) is 11.7 Å². The minimum atomic E-state index is -1.04. The molecule has 0 aliphatic carbocycles. The molecule has 1 aromatic carbocycles. The van der Waals surface area contributed by atoms with E-state index in [1.54, 1.807) is 18.2 Å². The number of rotatable bonds is 3. The second-order valence-electron chi connectivity index (χ2n) is 3.70. The van der Waals surface area contributed by atoms with Gasteiger partial charge in [-0.25, -0.2) is 9.97 Å². The Morgan fingerprint density at radius 1 is 1.29 bits per heavy atom. The number of halogens is 1. The molecule has 6 heteroatoms. The summed E-state index contributed by atoms with van der Waals surface area (Å²) in [6.07, 6.45) is -0.682. The van der Waals surface area contributed by atoms with E-state index < -0.39 is 12.2 Å². The predicted octanol–water partition coefficient (Wildman–Crippen LogP) is 0.845. The average molecular weight is 254 g/mol. The summed E-state index contributed by atoms with van der Waals surface area (Å²) in [4.78, 5) is 7.92. The van der Waals surface area contributed by atoms with Crippen molar-refractivity contribution in [2.75, 3.05) is 11.6 Å². The fraction of sp³-hybridized carbons (Fsp3) is 0.273. The summed E-state index contributed by atoms with van der Waals surface area (Å²) in [6, 6.07) is 5.05. The number of hydrogen-bond donors (Lipinski definition) is 3. The number of anilines is 1. The van der Waals surface area contributed by atoms with E-state index in [0.29, 0.717) is 22.3 Å². The summed E-state index contributed by atoms with van der Waals surface area (Å²) in [6.45, 7) is 0. The van der Waals surface area contributed by atoms with Crippen LogP contribution in [0.3, 0.4) is 0 Å². The minimum absolute atomic E-state index is 0.0417. The molecular formula is C11H12ClN3O2. The van der Waals surface area contributed by atoms with Gasteiger partial charge in [-0.2, -0.15) is 0 Å². The standard InChI is InChI=1S/C11H12ClN3O2/c12-4-9(16)10(17)6-1-2-8-7(3-6)11(13)15-5-14-8/h1-3,5,9-10,16-17H,4H2,(H2,13,14,15). The monoisotopic (exact) mass is 253 g/mol. The molecule has 5 nitrogen and oxygen atoms in total. The van der Waals surface area contributed by atoms with Gasteiger partial charge in [0.25, 0.3) is 0 Å². The Labute approximate surface area is 103 Å². The van der Waals surface area contributed by atoms with Gasteiger partial charge in [0.05, 0.1) is 17.5 Å². The smallest absolute Gasteiger partial charge is 0.134 e. The van der Waals surface area contributed by atoms with Crippen molar-refractivity contribution in [3.8, 4) is 0 Å². The number of alkyl halides is 1. The van der Waals surface area contributed by atoms with Crippen LogP contribution in [0, 0.1) is 0 Å². The van der Waals surface area contributed by atoms with Crippen LogP contribution in [0.5, 0.6) is 0 Å². The predicted molar refractivity (Wildman–Crippen MR) is 65.6 cm³/mol. The van der Waals surface area contributed by atoms with E-state index in [-0.39, 0.29) is 5.88 Å². The molecule has 4 N–H and O–H groups in total. The number of aromatic nitrogens is 2. The highest BCUT2D eigenvalue weighted by Gasteiger charge is 2.18. The first kappa shape index (κ1) is 12.0. The molecule has 2 aromatic rings. The van der Waals surface area contributed by atoms with Crippen molar-refractivity contribution in [2.24, 2.45) is 0 Å². The summed E-state index contributed by atoms with van der Waals surface area (Å²) in [5, 5.41) is 19.9. The molecule has 0 fully saturated rings. The fourth-order valence-corrected chi connectivity index (χ4v) is 1.75. The molecule has 17 heavy (non-hydrogen) atoms. The van der Waals surface area contributed by atoms with Gasteiger partial charge in [-0.15, -0.1) is 11.6 Å². The zero-order chi connectivity index (χ0) is 12.4. The van der Waals surface area contributed by atoms with Gasteiger partial charge >= 0.3 is 0 Å². The van der Waals surface area contributed by atoms with Crippen LogP contribution in [0.2, 0.25) is 0 Å². The lowest BCUT2D eigenvalue weighted by Gasteiger charge is -2.16. The van der Waals surface area contributed by atoms with Crippen molar-refractivity contribution in [2.45, 2.75) is 12.2 Å². The highest BCUT2D eigenvalue weighted by atomic mass is 35.5. The molecular weight excluding hydrogens is 242 g/mol. The zero-order valence-electron chi connectivity index (χ0n) is 8.92. The van der Waals surface area contributed by atoms with Crippen LogP contribution in [-0.2, 0) is 0 Å². The third kappa shape index (κ3) is 2.31. The number of aliphatic hydroxyl groups is 2. The summed E-state index contributed by atoms with van der Waals surface area (Å²) in [5.74, 6) is 0.296. The number of hydrogen-bond acceptors (Lipinski definition) is 5. The maximum Gasteiger partial charge on any atom is 0.134 e. The number of aliphatic hydroxyl groups excluding tert-OH is 2. The maximum absolute atomic E-state index is 9.82. The third-order valence-corrected chi connectivity index (χ3v) is 2.87. The fourth-order valence-electron chi connectivity index (χ4n) is 1.58. The van der Waals surface area contributed by atoms with E-state index in [9.17, 15) is 10.2 Å².